The van der Waals surface area contributed by atoms with E-state index in [1.54, 1.807) is 6.07 Å². The summed E-state index contributed by atoms with van der Waals surface area (Å²) < 4.78 is 39.9. The summed E-state index contributed by atoms with van der Waals surface area (Å²) in [4.78, 5) is 2.95. The average Bonchev–Trinajstić information content (AvgIpc) is 2.88. The molecule has 0 radical (unpaired) electrons. The maximum Gasteiger partial charge on any atom is 0.263 e. The van der Waals surface area contributed by atoms with E-state index in [4.69, 9.17) is 0 Å². The molecule has 0 saturated carbocycles. The van der Waals surface area contributed by atoms with E-state index in [1.165, 1.54) is 30.5 Å². The van der Waals surface area contributed by atoms with Crippen LogP contribution in [0.5, 0.6) is 0 Å². The first-order chi connectivity index (χ1) is 9.53. The molecule has 2 rings (SSSR count). The van der Waals surface area contributed by atoms with Gasteiger partial charge in [-0.1, -0.05) is 19.1 Å². The van der Waals surface area contributed by atoms with Gasteiger partial charge in [0.15, 0.2) is 0 Å². The molecule has 3 N–H and O–H groups in total. The van der Waals surface area contributed by atoms with Crippen molar-refractivity contribution in [3.05, 3.63) is 48.0 Å². The number of halogens is 1. The highest BCUT2D eigenvalue weighted by Crippen LogP contribution is 2.19. The van der Waals surface area contributed by atoms with Gasteiger partial charge in [-0.25, -0.2) is 12.8 Å². The molecule has 2 aromatic rings. The summed E-state index contributed by atoms with van der Waals surface area (Å²) in [6.07, 6.45) is 1.38. The summed E-state index contributed by atoms with van der Waals surface area (Å²) in [7, 11) is -3.79. The minimum atomic E-state index is -3.79. The predicted octanol–water partition coefficient (Wildman–Crippen LogP) is 2.06. The van der Waals surface area contributed by atoms with Crippen LogP contribution in [0.4, 0.5) is 10.1 Å². The summed E-state index contributed by atoms with van der Waals surface area (Å²) in [5.41, 5.74) is 0.683. The molecule has 0 aliphatic heterocycles. The van der Waals surface area contributed by atoms with Crippen molar-refractivity contribution in [2.75, 3.05) is 11.3 Å². The first kappa shape index (κ1) is 14.5. The third-order valence-electron chi connectivity index (χ3n) is 2.71. The van der Waals surface area contributed by atoms with Crippen molar-refractivity contribution >= 4 is 15.7 Å². The molecule has 0 fully saturated rings. The smallest absolute Gasteiger partial charge is 0.263 e. The van der Waals surface area contributed by atoms with Crippen LogP contribution in [-0.2, 0) is 16.6 Å². The average molecular weight is 297 g/mol. The van der Waals surface area contributed by atoms with Gasteiger partial charge in [-0.05, 0) is 24.7 Å². The number of para-hydroxylation sites is 1. The molecule has 108 valence electrons. The minimum absolute atomic E-state index is 0.0677. The van der Waals surface area contributed by atoms with E-state index in [0.717, 1.165) is 12.2 Å². The van der Waals surface area contributed by atoms with Crippen LogP contribution < -0.4 is 10.0 Å². The van der Waals surface area contributed by atoms with E-state index in [9.17, 15) is 12.8 Å². The zero-order chi connectivity index (χ0) is 14.6. The molecule has 0 atom stereocenters. The highest BCUT2D eigenvalue weighted by Gasteiger charge is 2.17. The van der Waals surface area contributed by atoms with Crippen molar-refractivity contribution in [2.24, 2.45) is 0 Å². The Kier molecular flexibility index (Phi) is 4.41. The molecule has 0 spiro atoms. The molecule has 1 heterocycles. The van der Waals surface area contributed by atoms with Crippen molar-refractivity contribution < 1.29 is 12.8 Å². The van der Waals surface area contributed by atoms with Gasteiger partial charge in [0.05, 0.1) is 5.69 Å². The van der Waals surface area contributed by atoms with Gasteiger partial charge in [0.1, 0.15) is 10.7 Å². The van der Waals surface area contributed by atoms with E-state index >= 15 is 0 Å². The van der Waals surface area contributed by atoms with Crippen LogP contribution in [0, 0.1) is 5.82 Å². The third kappa shape index (κ3) is 3.37. The zero-order valence-corrected chi connectivity index (χ0v) is 11.8. The molecule has 0 saturated heterocycles. The van der Waals surface area contributed by atoms with Gasteiger partial charge in [-0.2, -0.15) is 0 Å². The van der Waals surface area contributed by atoms with Crippen molar-refractivity contribution in [1.82, 2.24) is 10.3 Å². The third-order valence-corrected chi connectivity index (χ3v) is 4.06. The van der Waals surface area contributed by atoms with Crippen molar-refractivity contribution in [3.8, 4) is 0 Å². The number of anilines is 1. The number of hydrogen-bond donors (Lipinski definition) is 3. The van der Waals surface area contributed by atoms with Gasteiger partial charge in [0.25, 0.3) is 10.0 Å². The molecule has 0 aliphatic carbocycles. The number of benzene rings is 1. The van der Waals surface area contributed by atoms with Gasteiger partial charge in [-0.3, -0.25) is 4.72 Å². The van der Waals surface area contributed by atoms with Crippen molar-refractivity contribution in [1.29, 1.82) is 0 Å². The Morgan fingerprint density at radius 2 is 2.05 bits per heavy atom. The number of aromatic nitrogens is 1. The van der Waals surface area contributed by atoms with E-state index in [2.05, 4.69) is 15.0 Å². The number of H-pyrrole nitrogens is 1. The molecule has 0 aliphatic rings. The molecule has 0 bridgehead atoms. The molecular weight excluding hydrogens is 281 g/mol. The number of rotatable bonds is 6. The normalized spacial score (nSPS) is 11.5. The van der Waals surface area contributed by atoms with Gasteiger partial charge >= 0.3 is 0 Å². The van der Waals surface area contributed by atoms with E-state index in [-0.39, 0.29) is 10.6 Å². The fourth-order valence-corrected chi connectivity index (χ4v) is 2.77. The summed E-state index contributed by atoms with van der Waals surface area (Å²) in [6, 6.07) is 7.16. The highest BCUT2D eigenvalue weighted by molar-refractivity contribution is 7.92. The zero-order valence-electron chi connectivity index (χ0n) is 11.0. The fourth-order valence-electron chi connectivity index (χ4n) is 1.68. The monoisotopic (exact) mass is 297 g/mol. The van der Waals surface area contributed by atoms with Crippen LogP contribution in [-0.4, -0.2) is 19.9 Å². The molecule has 1 aromatic heterocycles. The SMILES string of the molecule is CCNCc1cc(S(=O)(=O)Nc2ccccc2F)c[nH]1. The van der Waals surface area contributed by atoms with E-state index < -0.39 is 15.8 Å². The first-order valence-corrected chi connectivity index (χ1v) is 7.66. The van der Waals surface area contributed by atoms with Crippen LogP contribution in [0.1, 0.15) is 12.6 Å². The lowest BCUT2D eigenvalue weighted by molar-refractivity contribution is 0.598. The van der Waals surface area contributed by atoms with E-state index in [0.29, 0.717) is 6.54 Å². The largest absolute Gasteiger partial charge is 0.363 e. The summed E-state index contributed by atoms with van der Waals surface area (Å²) in [5, 5.41) is 3.08. The van der Waals surface area contributed by atoms with E-state index in [1.807, 2.05) is 6.92 Å². The second-order valence-electron chi connectivity index (χ2n) is 4.23. The Bertz CT molecular complexity index is 682. The standard InChI is InChI=1S/C13H16FN3O2S/c1-2-15-8-10-7-11(9-16-10)20(18,19)17-13-6-4-3-5-12(13)14/h3-7,9,15-17H,2,8H2,1H3. The molecule has 7 heteroatoms. The Morgan fingerprint density at radius 3 is 2.75 bits per heavy atom. The molecule has 5 nitrogen and oxygen atoms in total. The Morgan fingerprint density at radius 1 is 1.30 bits per heavy atom. The number of hydrogen-bond acceptors (Lipinski definition) is 3. The topological polar surface area (TPSA) is 74.0 Å². The summed E-state index contributed by atoms with van der Waals surface area (Å²) in [5.74, 6) is -0.612. The molecule has 0 unspecified atom stereocenters. The summed E-state index contributed by atoms with van der Waals surface area (Å²) >= 11 is 0. The Labute approximate surface area is 117 Å². The molecule has 1 aromatic carbocycles. The first-order valence-electron chi connectivity index (χ1n) is 6.18. The quantitative estimate of drug-likeness (QED) is 0.764. The number of sulfonamides is 1. The lowest BCUT2D eigenvalue weighted by Gasteiger charge is -2.06. The Balaban J connectivity index is 2.18. The lowest BCUT2D eigenvalue weighted by atomic mass is 10.3. The van der Waals surface area contributed by atoms with Crippen LogP contribution >= 0.6 is 0 Å². The van der Waals surface area contributed by atoms with Gasteiger partial charge < -0.3 is 10.3 Å². The number of aromatic amines is 1. The molecule has 0 amide bonds. The van der Waals surface area contributed by atoms with Crippen LogP contribution in [0.25, 0.3) is 0 Å². The van der Waals surface area contributed by atoms with Gasteiger partial charge in [0.2, 0.25) is 0 Å². The van der Waals surface area contributed by atoms with Crippen molar-refractivity contribution in [2.45, 2.75) is 18.4 Å². The highest BCUT2D eigenvalue weighted by atomic mass is 32.2. The summed E-state index contributed by atoms with van der Waals surface area (Å²) in [6.45, 7) is 3.29. The molecular formula is C13H16FN3O2S. The van der Waals surface area contributed by atoms with Gasteiger partial charge in [0, 0.05) is 18.4 Å². The second kappa shape index (κ2) is 6.06. The maximum atomic E-state index is 13.5. The molecule has 20 heavy (non-hydrogen) atoms. The van der Waals surface area contributed by atoms with Crippen molar-refractivity contribution in [3.63, 3.8) is 0 Å². The maximum absolute atomic E-state index is 13.5. The van der Waals surface area contributed by atoms with Crippen LogP contribution in [0.2, 0.25) is 0 Å². The lowest BCUT2D eigenvalue weighted by Crippen LogP contribution is -2.13. The van der Waals surface area contributed by atoms with Gasteiger partial charge in [-0.15, -0.1) is 0 Å². The second-order valence-corrected chi connectivity index (χ2v) is 5.91. The van der Waals surface area contributed by atoms with Crippen LogP contribution in [0.3, 0.4) is 0 Å². The fraction of sp³-hybridized carbons (Fsp3) is 0.231. The Hall–Kier alpha value is -1.86. The predicted molar refractivity (Wildman–Crippen MR) is 75.4 cm³/mol. The number of nitrogens with one attached hydrogen (secondary N) is 3. The minimum Gasteiger partial charge on any atom is -0.363 e. The van der Waals surface area contributed by atoms with Crippen LogP contribution in [0.15, 0.2) is 41.4 Å².